The fourth-order valence-corrected chi connectivity index (χ4v) is 2.50. The number of nitrogens with one attached hydrogen (secondary N) is 1. The summed E-state index contributed by atoms with van der Waals surface area (Å²) in [6.07, 6.45) is -4.91. The van der Waals surface area contributed by atoms with Crippen molar-refractivity contribution in [2.75, 3.05) is 7.11 Å². The molecule has 0 aliphatic rings. The highest BCUT2D eigenvalue weighted by Gasteiger charge is 2.31. The number of para-hydroxylation sites is 1. The number of esters is 1. The second-order valence-electron chi connectivity index (χ2n) is 5.72. The van der Waals surface area contributed by atoms with Gasteiger partial charge < -0.3 is 10.1 Å². The monoisotopic (exact) mass is 396 g/mol. The van der Waals surface area contributed by atoms with Gasteiger partial charge in [0.2, 0.25) is 0 Å². The van der Waals surface area contributed by atoms with E-state index in [1.54, 1.807) is 0 Å². The van der Waals surface area contributed by atoms with Crippen molar-refractivity contribution in [2.45, 2.75) is 18.6 Å². The van der Waals surface area contributed by atoms with E-state index in [-0.39, 0.29) is 23.2 Å². The van der Waals surface area contributed by atoms with E-state index in [9.17, 15) is 32.9 Å². The summed E-state index contributed by atoms with van der Waals surface area (Å²) in [6, 6.07) is 7.95. The predicted octanol–water partition coefficient (Wildman–Crippen LogP) is 3.13. The normalized spacial score (nSPS) is 12.1. The van der Waals surface area contributed by atoms with Gasteiger partial charge in [-0.2, -0.15) is 13.2 Å². The third kappa shape index (κ3) is 5.06. The number of alkyl halides is 3. The van der Waals surface area contributed by atoms with Crippen LogP contribution in [0.15, 0.2) is 48.5 Å². The van der Waals surface area contributed by atoms with Gasteiger partial charge in [-0.25, -0.2) is 4.79 Å². The van der Waals surface area contributed by atoms with Gasteiger partial charge in [-0.05, 0) is 18.2 Å². The predicted molar refractivity (Wildman–Crippen MR) is 91.5 cm³/mol. The lowest BCUT2D eigenvalue weighted by Gasteiger charge is -2.17. The molecule has 0 bridgehead atoms. The van der Waals surface area contributed by atoms with Crippen LogP contribution in [0.2, 0.25) is 0 Å². The molecule has 0 heterocycles. The maximum Gasteiger partial charge on any atom is 0.416 e. The van der Waals surface area contributed by atoms with Crippen LogP contribution in [0.3, 0.4) is 0 Å². The highest BCUT2D eigenvalue weighted by molar-refractivity contribution is 5.97. The zero-order valence-electron chi connectivity index (χ0n) is 14.5. The second-order valence-corrected chi connectivity index (χ2v) is 5.72. The van der Waals surface area contributed by atoms with E-state index in [2.05, 4.69) is 10.1 Å². The van der Waals surface area contributed by atoms with Crippen LogP contribution in [0.1, 0.15) is 21.5 Å². The summed E-state index contributed by atoms with van der Waals surface area (Å²) >= 11 is 0. The Hall–Kier alpha value is -3.43. The summed E-state index contributed by atoms with van der Waals surface area (Å²) in [5, 5.41) is 13.4. The maximum absolute atomic E-state index is 12.8. The number of hydrogen-bond donors (Lipinski definition) is 1. The number of halogens is 3. The molecule has 1 atom stereocenters. The highest BCUT2D eigenvalue weighted by atomic mass is 19.4. The van der Waals surface area contributed by atoms with Crippen molar-refractivity contribution >= 4 is 17.6 Å². The van der Waals surface area contributed by atoms with Gasteiger partial charge in [-0.1, -0.05) is 24.3 Å². The Kier molecular flexibility index (Phi) is 6.34. The molecule has 0 aromatic heterocycles. The van der Waals surface area contributed by atoms with Crippen molar-refractivity contribution < 1.29 is 32.4 Å². The molecule has 28 heavy (non-hydrogen) atoms. The summed E-state index contributed by atoms with van der Waals surface area (Å²) in [5.41, 5.74) is -1.43. The van der Waals surface area contributed by atoms with Gasteiger partial charge in [-0.3, -0.25) is 14.9 Å². The smallest absolute Gasteiger partial charge is 0.416 e. The molecule has 7 nitrogen and oxygen atoms in total. The first-order valence-electron chi connectivity index (χ1n) is 7.91. The van der Waals surface area contributed by atoms with E-state index in [0.717, 1.165) is 25.3 Å². The molecule has 0 spiro atoms. The average molecular weight is 396 g/mol. The standard InChI is InChI=1S/C18H15F3N2O5/c1-28-17(25)14(10-11-5-2-3-8-15(11)23(26)27)22-16(24)12-6-4-7-13(9-12)18(19,20)21/h2-9,14H,10H2,1H3,(H,22,24)/t14-/m0/s1. The largest absolute Gasteiger partial charge is 0.467 e. The SMILES string of the molecule is COC(=O)[C@H](Cc1ccccc1[N+](=O)[O-])NC(=O)c1cccc(C(F)(F)F)c1. The number of nitro groups is 1. The number of carbonyl (C=O) groups is 2. The molecule has 1 N–H and O–H groups in total. The number of ether oxygens (including phenoxy) is 1. The van der Waals surface area contributed by atoms with E-state index in [1.807, 2.05) is 0 Å². The number of benzene rings is 2. The van der Waals surface area contributed by atoms with Crippen LogP contribution < -0.4 is 5.32 Å². The van der Waals surface area contributed by atoms with Gasteiger partial charge in [0.25, 0.3) is 11.6 Å². The molecule has 0 saturated carbocycles. The first kappa shape index (κ1) is 20.9. The molecular formula is C18H15F3N2O5. The Labute approximate surface area is 157 Å². The number of nitrogens with zero attached hydrogens (tertiary/aromatic N) is 1. The van der Waals surface area contributed by atoms with Crippen molar-refractivity contribution in [1.82, 2.24) is 5.32 Å². The van der Waals surface area contributed by atoms with Crippen LogP contribution in [-0.4, -0.2) is 30.0 Å². The maximum atomic E-state index is 12.8. The molecule has 148 valence electrons. The molecule has 0 unspecified atom stereocenters. The lowest BCUT2D eigenvalue weighted by molar-refractivity contribution is -0.385. The Morgan fingerprint density at radius 2 is 1.86 bits per heavy atom. The molecule has 0 aliphatic heterocycles. The molecular weight excluding hydrogens is 381 g/mol. The zero-order valence-corrected chi connectivity index (χ0v) is 14.5. The summed E-state index contributed by atoms with van der Waals surface area (Å²) in [5.74, 6) is -1.83. The van der Waals surface area contributed by atoms with Crippen LogP contribution >= 0.6 is 0 Å². The molecule has 0 aliphatic carbocycles. The van der Waals surface area contributed by atoms with Crippen LogP contribution in [0, 0.1) is 10.1 Å². The van der Waals surface area contributed by atoms with Crippen molar-refractivity contribution in [1.29, 1.82) is 0 Å². The van der Waals surface area contributed by atoms with Gasteiger partial charge in [-0.15, -0.1) is 0 Å². The topological polar surface area (TPSA) is 98.5 Å². The van der Waals surface area contributed by atoms with Crippen molar-refractivity contribution in [3.8, 4) is 0 Å². The van der Waals surface area contributed by atoms with E-state index >= 15 is 0 Å². The highest BCUT2D eigenvalue weighted by Crippen LogP contribution is 2.29. The van der Waals surface area contributed by atoms with Crippen LogP contribution in [-0.2, 0) is 22.1 Å². The van der Waals surface area contributed by atoms with Crippen LogP contribution in [0.5, 0.6) is 0 Å². The first-order chi connectivity index (χ1) is 13.1. The molecule has 0 saturated heterocycles. The minimum atomic E-state index is -4.64. The number of hydrogen-bond acceptors (Lipinski definition) is 5. The van der Waals surface area contributed by atoms with Crippen LogP contribution in [0.25, 0.3) is 0 Å². The lowest BCUT2D eigenvalue weighted by atomic mass is 10.0. The number of methoxy groups -OCH3 is 1. The van der Waals surface area contributed by atoms with E-state index in [1.165, 1.54) is 24.3 Å². The molecule has 0 radical (unpaired) electrons. The second kappa shape index (κ2) is 8.51. The minimum Gasteiger partial charge on any atom is -0.467 e. The molecule has 2 aromatic carbocycles. The Bertz CT molecular complexity index is 899. The van der Waals surface area contributed by atoms with Gasteiger partial charge in [0, 0.05) is 23.6 Å². The molecule has 0 fully saturated rings. The molecule has 1 amide bonds. The lowest BCUT2D eigenvalue weighted by Crippen LogP contribution is -2.43. The third-order valence-electron chi connectivity index (χ3n) is 3.86. The molecule has 10 heteroatoms. The number of amides is 1. The fourth-order valence-electron chi connectivity index (χ4n) is 2.50. The van der Waals surface area contributed by atoms with E-state index < -0.39 is 34.6 Å². The van der Waals surface area contributed by atoms with Crippen LogP contribution in [0.4, 0.5) is 18.9 Å². The van der Waals surface area contributed by atoms with Crippen molar-refractivity contribution in [3.05, 3.63) is 75.3 Å². The number of nitro benzene ring substituents is 1. The minimum absolute atomic E-state index is 0.159. The van der Waals surface area contributed by atoms with Gasteiger partial charge >= 0.3 is 12.1 Å². The quantitative estimate of drug-likeness (QED) is 0.460. The Balaban J connectivity index is 2.27. The molecule has 2 aromatic rings. The van der Waals surface area contributed by atoms with Crippen molar-refractivity contribution in [3.63, 3.8) is 0 Å². The summed E-state index contributed by atoms with van der Waals surface area (Å²) in [6.45, 7) is 0. The van der Waals surface area contributed by atoms with E-state index in [0.29, 0.717) is 6.07 Å². The van der Waals surface area contributed by atoms with Gasteiger partial charge in [0.05, 0.1) is 17.6 Å². The Morgan fingerprint density at radius 1 is 1.18 bits per heavy atom. The summed E-state index contributed by atoms with van der Waals surface area (Å²) in [7, 11) is 1.06. The van der Waals surface area contributed by atoms with E-state index in [4.69, 9.17) is 0 Å². The fraction of sp³-hybridized carbons (Fsp3) is 0.222. The molecule has 2 rings (SSSR count). The zero-order chi connectivity index (χ0) is 20.9. The Morgan fingerprint density at radius 3 is 2.46 bits per heavy atom. The number of rotatable bonds is 6. The van der Waals surface area contributed by atoms with Crippen molar-refractivity contribution in [2.24, 2.45) is 0 Å². The number of carbonyl (C=O) groups excluding carboxylic acids is 2. The average Bonchev–Trinajstić information content (AvgIpc) is 2.66. The third-order valence-corrected chi connectivity index (χ3v) is 3.86. The summed E-state index contributed by atoms with van der Waals surface area (Å²) < 4.78 is 43.0. The summed E-state index contributed by atoms with van der Waals surface area (Å²) in [4.78, 5) is 34.8. The van der Waals surface area contributed by atoms with Gasteiger partial charge in [0.1, 0.15) is 6.04 Å². The van der Waals surface area contributed by atoms with Gasteiger partial charge in [0.15, 0.2) is 0 Å². The first-order valence-corrected chi connectivity index (χ1v) is 7.91.